The first kappa shape index (κ1) is 17.9. The fourth-order valence-corrected chi connectivity index (χ4v) is 4.27. The summed E-state index contributed by atoms with van der Waals surface area (Å²) in [6.45, 7) is 5.70. The number of para-hydroxylation sites is 1. The molecule has 1 aliphatic heterocycles. The maximum Gasteiger partial charge on any atom is 0.143 e. The minimum absolute atomic E-state index is 0.246. The summed E-state index contributed by atoms with van der Waals surface area (Å²) in [6, 6.07) is 12.8. The second kappa shape index (κ2) is 7.37. The third kappa shape index (κ3) is 3.40. The molecule has 0 amide bonds. The lowest BCUT2D eigenvalue weighted by Gasteiger charge is -2.23. The Morgan fingerprint density at radius 1 is 1.07 bits per heavy atom. The molecule has 6 nitrogen and oxygen atoms in total. The maximum absolute atomic E-state index is 5.31. The van der Waals surface area contributed by atoms with Crippen LogP contribution in [-0.2, 0) is 6.54 Å². The van der Waals surface area contributed by atoms with Crippen molar-refractivity contribution in [2.24, 2.45) is 0 Å². The summed E-state index contributed by atoms with van der Waals surface area (Å²) < 4.78 is 5.31. The van der Waals surface area contributed by atoms with Crippen LogP contribution in [0.25, 0.3) is 22.2 Å². The first-order valence-corrected chi connectivity index (χ1v) is 10.0. The van der Waals surface area contributed by atoms with Crippen LogP contribution >= 0.6 is 0 Å². The molecule has 0 aliphatic carbocycles. The van der Waals surface area contributed by atoms with E-state index in [4.69, 9.17) is 14.5 Å². The molecule has 0 bridgehead atoms. The van der Waals surface area contributed by atoms with E-state index in [0.717, 1.165) is 65.5 Å². The Bertz CT molecular complexity index is 1150. The van der Waals surface area contributed by atoms with Crippen LogP contribution in [0.3, 0.4) is 0 Å². The standard InChI is InChI=1S/C23H23N5O/c1-15-23(16(2)29-27-15)21-13-24-12-20(26-21)22-8-5-11-28(22)14-18-10-9-17-6-3-4-7-19(17)25-18/h3-4,6-7,9-10,12-13,22H,5,8,11,14H2,1-2H3/t22-/m0/s1. The van der Waals surface area contributed by atoms with Gasteiger partial charge in [-0.3, -0.25) is 14.9 Å². The zero-order chi connectivity index (χ0) is 19.8. The molecule has 6 heteroatoms. The molecule has 1 fully saturated rings. The van der Waals surface area contributed by atoms with Gasteiger partial charge in [-0.05, 0) is 45.4 Å². The van der Waals surface area contributed by atoms with Crippen molar-refractivity contribution in [2.75, 3.05) is 6.54 Å². The quantitative estimate of drug-likeness (QED) is 0.510. The number of hydrogen-bond donors (Lipinski definition) is 0. The van der Waals surface area contributed by atoms with Gasteiger partial charge in [0.2, 0.25) is 0 Å². The third-order valence-electron chi connectivity index (χ3n) is 5.67. The highest BCUT2D eigenvalue weighted by atomic mass is 16.5. The fraction of sp³-hybridized carbons (Fsp3) is 0.304. The van der Waals surface area contributed by atoms with Gasteiger partial charge in [0.1, 0.15) is 5.76 Å². The highest BCUT2D eigenvalue weighted by Crippen LogP contribution is 2.33. The molecule has 5 rings (SSSR count). The molecule has 146 valence electrons. The van der Waals surface area contributed by atoms with Gasteiger partial charge in [0.15, 0.2) is 0 Å². The predicted octanol–water partition coefficient (Wildman–Crippen LogP) is 4.63. The predicted molar refractivity (Wildman–Crippen MR) is 111 cm³/mol. The van der Waals surface area contributed by atoms with Gasteiger partial charge in [-0.15, -0.1) is 0 Å². The molecule has 0 radical (unpaired) electrons. The van der Waals surface area contributed by atoms with Gasteiger partial charge in [-0.2, -0.15) is 0 Å². The average molecular weight is 385 g/mol. The van der Waals surface area contributed by atoms with Gasteiger partial charge in [-0.1, -0.05) is 29.4 Å². The topological polar surface area (TPSA) is 67.9 Å². The molecule has 4 heterocycles. The van der Waals surface area contributed by atoms with Gasteiger partial charge in [0, 0.05) is 11.9 Å². The molecule has 29 heavy (non-hydrogen) atoms. The number of aromatic nitrogens is 4. The summed E-state index contributed by atoms with van der Waals surface area (Å²) >= 11 is 0. The average Bonchev–Trinajstić information content (AvgIpc) is 3.34. The van der Waals surface area contributed by atoms with Crippen molar-refractivity contribution in [3.05, 3.63) is 71.6 Å². The Morgan fingerprint density at radius 2 is 1.97 bits per heavy atom. The van der Waals surface area contributed by atoms with Gasteiger partial charge < -0.3 is 4.52 Å². The summed E-state index contributed by atoms with van der Waals surface area (Å²) in [4.78, 5) is 16.7. The number of hydrogen-bond acceptors (Lipinski definition) is 6. The van der Waals surface area contributed by atoms with Gasteiger partial charge >= 0.3 is 0 Å². The number of pyridine rings is 1. The van der Waals surface area contributed by atoms with Crippen molar-refractivity contribution in [1.29, 1.82) is 0 Å². The van der Waals surface area contributed by atoms with E-state index in [1.807, 2.05) is 32.2 Å². The molecule has 0 N–H and O–H groups in total. The summed E-state index contributed by atoms with van der Waals surface area (Å²) in [5.74, 6) is 0.776. The summed E-state index contributed by atoms with van der Waals surface area (Å²) in [7, 11) is 0. The molecular weight excluding hydrogens is 362 g/mol. The molecule has 3 aromatic heterocycles. The maximum atomic E-state index is 5.31. The van der Waals surface area contributed by atoms with Gasteiger partial charge in [0.05, 0.1) is 52.3 Å². The van der Waals surface area contributed by atoms with Crippen LogP contribution in [0.15, 0.2) is 53.3 Å². The van der Waals surface area contributed by atoms with Crippen molar-refractivity contribution in [1.82, 2.24) is 25.0 Å². The first-order chi connectivity index (χ1) is 14.2. The van der Waals surface area contributed by atoms with E-state index in [1.165, 1.54) is 5.39 Å². The van der Waals surface area contributed by atoms with Crippen LogP contribution in [0, 0.1) is 13.8 Å². The van der Waals surface area contributed by atoms with Crippen molar-refractivity contribution in [2.45, 2.75) is 39.3 Å². The lowest BCUT2D eigenvalue weighted by Crippen LogP contribution is -2.24. The van der Waals surface area contributed by atoms with Crippen LogP contribution < -0.4 is 0 Å². The zero-order valence-corrected chi connectivity index (χ0v) is 16.7. The first-order valence-electron chi connectivity index (χ1n) is 10.0. The van der Waals surface area contributed by atoms with Crippen LogP contribution in [-0.4, -0.2) is 31.6 Å². The van der Waals surface area contributed by atoms with Gasteiger partial charge in [0.25, 0.3) is 0 Å². The van der Waals surface area contributed by atoms with Crippen molar-refractivity contribution >= 4 is 10.9 Å². The van der Waals surface area contributed by atoms with Crippen molar-refractivity contribution in [3.63, 3.8) is 0 Å². The minimum atomic E-state index is 0.246. The van der Waals surface area contributed by atoms with E-state index < -0.39 is 0 Å². The third-order valence-corrected chi connectivity index (χ3v) is 5.67. The molecule has 4 aromatic rings. The Morgan fingerprint density at radius 3 is 2.83 bits per heavy atom. The zero-order valence-electron chi connectivity index (χ0n) is 16.7. The van der Waals surface area contributed by atoms with E-state index in [2.05, 4.69) is 39.3 Å². The van der Waals surface area contributed by atoms with Crippen LogP contribution in [0.4, 0.5) is 0 Å². The van der Waals surface area contributed by atoms with Crippen molar-refractivity contribution in [3.8, 4) is 11.3 Å². The second-order valence-electron chi connectivity index (χ2n) is 7.65. The Balaban J connectivity index is 1.42. The SMILES string of the molecule is Cc1noc(C)c1-c1cncc([C@@H]2CCCN2Cc2ccc3ccccc3n2)n1. The lowest BCUT2D eigenvalue weighted by molar-refractivity contribution is 0.241. The number of likely N-dealkylation sites (tertiary alicyclic amines) is 1. The van der Waals surface area contributed by atoms with E-state index >= 15 is 0 Å². The van der Waals surface area contributed by atoms with Gasteiger partial charge in [-0.25, -0.2) is 4.98 Å². The van der Waals surface area contributed by atoms with Crippen molar-refractivity contribution < 1.29 is 4.52 Å². The van der Waals surface area contributed by atoms with Crippen LogP contribution in [0.5, 0.6) is 0 Å². The molecule has 0 unspecified atom stereocenters. The van der Waals surface area contributed by atoms with E-state index in [9.17, 15) is 0 Å². The van der Waals surface area contributed by atoms with E-state index in [1.54, 1.807) is 6.20 Å². The highest BCUT2D eigenvalue weighted by molar-refractivity contribution is 5.78. The molecule has 1 saturated heterocycles. The van der Waals surface area contributed by atoms with Crippen LogP contribution in [0.1, 0.15) is 41.7 Å². The molecule has 1 atom stereocenters. The molecule has 1 aliphatic rings. The monoisotopic (exact) mass is 385 g/mol. The lowest BCUT2D eigenvalue weighted by atomic mass is 10.1. The van der Waals surface area contributed by atoms with E-state index in [-0.39, 0.29) is 6.04 Å². The number of nitrogens with zero attached hydrogens (tertiary/aromatic N) is 5. The Hall–Kier alpha value is -3.12. The largest absolute Gasteiger partial charge is 0.361 e. The second-order valence-corrected chi connectivity index (χ2v) is 7.65. The molecule has 0 saturated carbocycles. The molecule has 1 aromatic carbocycles. The fourth-order valence-electron chi connectivity index (χ4n) is 4.27. The number of rotatable bonds is 4. The van der Waals surface area contributed by atoms with Crippen LogP contribution in [0.2, 0.25) is 0 Å². The smallest absolute Gasteiger partial charge is 0.143 e. The summed E-state index contributed by atoms with van der Waals surface area (Å²) in [6.07, 6.45) is 5.90. The Kier molecular flexibility index (Phi) is 4.56. The summed E-state index contributed by atoms with van der Waals surface area (Å²) in [5, 5.41) is 5.23. The Labute approximate surface area is 169 Å². The number of fused-ring (bicyclic) bond motifs is 1. The molecular formula is C23H23N5O. The number of aryl methyl sites for hydroxylation is 2. The number of benzene rings is 1. The minimum Gasteiger partial charge on any atom is -0.361 e. The van der Waals surface area contributed by atoms with E-state index in [0.29, 0.717) is 0 Å². The molecule has 0 spiro atoms. The highest BCUT2D eigenvalue weighted by Gasteiger charge is 2.28. The summed E-state index contributed by atoms with van der Waals surface area (Å²) in [5.41, 5.74) is 5.75. The normalized spacial score (nSPS) is 17.2.